The van der Waals surface area contributed by atoms with Crippen LogP contribution >= 0.6 is 0 Å². The maximum atomic E-state index is 6.39. The standard InChI is InChI=1S/C34H32NO.C21H22NOSi.Ir/c1-21-16-30-29-20-27(12-13-32(29)36-34(30)22(2)33(21)26-6-4-3-5-7-26)31-19-24(14-15-35-31)18-28-17-23-8-10-25(28)11-9-23;1-14-12-18(22-13-20(14)24(2,3)4)17-10-7-9-16-15-8-5-6-11-19(15)23-21(16)17;/h3-7,13-16,19-20,23,25,28H,8-11,17-18H2,1-2H3;5-9,11-13,16,21H,1-4H3;/q2*-1;. The fourth-order valence-corrected chi connectivity index (χ4v) is 12.6. The van der Waals surface area contributed by atoms with Crippen molar-refractivity contribution in [3.63, 3.8) is 0 Å². The number of aromatic nitrogens is 2. The molecule has 2 bridgehead atoms. The second kappa shape index (κ2) is 16.8. The summed E-state index contributed by atoms with van der Waals surface area (Å²) in [4.78, 5) is 9.52. The van der Waals surface area contributed by atoms with Gasteiger partial charge in [-0.15, -0.1) is 23.8 Å². The van der Waals surface area contributed by atoms with E-state index in [2.05, 4.69) is 138 Å². The van der Waals surface area contributed by atoms with E-state index in [1.165, 1.54) is 88.0 Å². The fraction of sp³-hybridized carbons (Fsp3) is 0.309. The van der Waals surface area contributed by atoms with E-state index < -0.39 is 8.07 Å². The van der Waals surface area contributed by atoms with E-state index in [9.17, 15) is 0 Å². The number of allylic oxidation sites excluding steroid dienone is 2. The minimum Gasteiger partial charge on any atom is -0.500 e. The molecule has 4 aromatic carbocycles. The van der Waals surface area contributed by atoms with Crippen LogP contribution in [0.5, 0.6) is 5.75 Å². The number of fused-ring (bicyclic) bond motifs is 9. The Hall–Kier alpha value is -4.87. The molecule has 1 aliphatic heterocycles. The van der Waals surface area contributed by atoms with E-state index in [4.69, 9.17) is 19.1 Å². The fourth-order valence-electron chi connectivity index (χ4n) is 10.9. The maximum absolute atomic E-state index is 6.39. The maximum Gasteiger partial charge on any atom is 0.124 e. The number of para-hydroxylation sites is 1. The van der Waals surface area contributed by atoms with Crippen molar-refractivity contribution < 1.29 is 29.3 Å². The predicted octanol–water partition coefficient (Wildman–Crippen LogP) is 13.3. The molecule has 3 unspecified atom stereocenters. The third-order valence-corrected chi connectivity index (χ3v) is 16.0. The normalized spacial score (nSPS) is 21.2. The van der Waals surface area contributed by atoms with Crippen LogP contribution in [-0.2, 0) is 26.5 Å². The Morgan fingerprint density at radius 3 is 2.34 bits per heavy atom. The largest absolute Gasteiger partial charge is 0.500 e. The summed E-state index contributed by atoms with van der Waals surface area (Å²) >= 11 is 0. The van der Waals surface area contributed by atoms with Crippen LogP contribution in [0, 0.1) is 50.7 Å². The number of nitrogens with zero attached hydrogens (tertiary/aromatic N) is 2. The molecule has 3 atom stereocenters. The monoisotopic (exact) mass is 995 g/mol. The molecule has 0 saturated heterocycles. The molecular formula is C55H54IrN2O2Si-2. The van der Waals surface area contributed by atoms with Crippen LogP contribution in [0.25, 0.3) is 49.9 Å². The summed E-state index contributed by atoms with van der Waals surface area (Å²) in [6, 6.07) is 35.6. The van der Waals surface area contributed by atoms with Gasteiger partial charge in [0.05, 0.1) is 13.7 Å². The molecule has 4 aliphatic carbocycles. The van der Waals surface area contributed by atoms with Crippen molar-refractivity contribution in [2.24, 2.45) is 17.8 Å². The third-order valence-electron chi connectivity index (χ3n) is 13.9. The van der Waals surface area contributed by atoms with Gasteiger partial charge in [-0.3, -0.25) is 0 Å². The van der Waals surface area contributed by atoms with Gasteiger partial charge in [-0.25, -0.2) is 0 Å². The number of aryl methyl sites for hydroxylation is 3. The van der Waals surface area contributed by atoms with Gasteiger partial charge in [-0.1, -0.05) is 115 Å². The Morgan fingerprint density at radius 1 is 0.803 bits per heavy atom. The van der Waals surface area contributed by atoms with Crippen molar-refractivity contribution in [1.82, 2.24) is 9.97 Å². The number of ether oxygens (including phenoxy) is 1. The first-order valence-electron chi connectivity index (χ1n) is 22.0. The Bertz CT molecular complexity index is 2810. The Morgan fingerprint density at radius 2 is 1.59 bits per heavy atom. The van der Waals surface area contributed by atoms with E-state index >= 15 is 0 Å². The van der Waals surface area contributed by atoms with Crippen molar-refractivity contribution in [2.75, 3.05) is 0 Å². The number of hydrogen-bond donors (Lipinski definition) is 0. The number of rotatable bonds is 6. The zero-order valence-electron chi connectivity index (χ0n) is 36.1. The molecule has 7 aromatic rings. The zero-order valence-corrected chi connectivity index (χ0v) is 39.5. The third kappa shape index (κ3) is 7.92. The molecule has 0 spiro atoms. The summed E-state index contributed by atoms with van der Waals surface area (Å²) in [5, 5.41) is 3.73. The Balaban J connectivity index is 0.000000166. The van der Waals surface area contributed by atoms with E-state index in [1.54, 1.807) is 0 Å². The Labute approximate surface area is 375 Å². The van der Waals surface area contributed by atoms with Gasteiger partial charge in [0.15, 0.2) is 0 Å². The summed E-state index contributed by atoms with van der Waals surface area (Å²) in [7, 11) is -1.37. The summed E-state index contributed by atoms with van der Waals surface area (Å²) in [5.74, 6) is 3.99. The average molecular weight is 995 g/mol. The van der Waals surface area contributed by atoms with Crippen LogP contribution in [-0.4, -0.2) is 24.1 Å². The van der Waals surface area contributed by atoms with Crippen LogP contribution in [0.15, 0.2) is 120 Å². The molecule has 4 heterocycles. The summed E-state index contributed by atoms with van der Waals surface area (Å²) in [6.07, 6.45) is 20.0. The molecule has 311 valence electrons. The van der Waals surface area contributed by atoms with Gasteiger partial charge in [0.1, 0.15) is 17.4 Å². The molecule has 3 aromatic heterocycles. The van der Waals surface area contributed by atoms with Crippen LogP contribution in [0.3, 0.4) is 0 Å². The molecule has 12 rings (SSSR count). The van der Waals surface area contributed by atoms with Gasteiger partial charge in [0, 0.05) is 43.8 Å². The summed E-state index contributed by atoms with van der Waals surface area (Å²) < 4.78 is 12.6. The SMILES string of the molecule is Cc1cc(C2=[C-]C=CC3c4ccccc4OC23)ncc1[Si](C)(C)C.Cc1cc2c(oc3c[c-]c(-c4cc(CC5CC6CCC5CC6)ccn4)cc32)c(C)c1-c1ccccc1.[Ir]. The molecule has 6 heteroatoms. The van der Waals surface area contributed by atoms with E-state index in [0.717, 1.165) is 62.6 Å². The molecule has 5 aliphatic rings. The van der Waals surface area contributed by atoms with Gasteiger partial charge >= 0.3 is 0 Å². The van der Waals surface area contributed by atoms with Crippen LogP contribution in [0.1, 0.15) is 71.5 Å². The average Bonchev–Trinajstić information content (AvgIpc) is 3.83. The zero-order chi connectivity index (χ0) is 41.1. The van der Waals surface area contributed by atoms with Gasteiger partial charge in [-0.2, -0.15) is 18.2 Å². The number of furan rings is 1. The number of hydrogen-bond acceptors (Lipinski definition) is 4. The quantitative estimate of drug-likeness (QED) is 0.123. The van der Waals surface area contributed by atoms with Gasteiger partial charge < -0.3 is 19.1 Å². The minimum absolute atomic E-state index is 0. The van der Waals surface area contributed by atoms with Gasteiger partial charge in [0.2, 0.25) is 0 Å². The first kappa shape index (κ1) is 41.5. The topological polar surface area (TPSA) is 48.2 Å². The Kier molecular flexibility index (Phi) is 11.4. The van der Waals surface area contributed by atoms with Crippen molar-refractivity contribution in [3.05, 3.63) is 161 Å². The molecule has 4 nitrogen and oxygen atoms in total. The second-order valence-electron chi connectivity index (χ2n) is 18.8. The van der Waals surface area contributed by atoms with E-state index in [0.29, 0.717) is 0 Å². The van der Waals surface area contributed by atoms with Crippen LogP contribution < -0.4 is 9.92 Å². The molecule has 3 fully saturated rings. The number of benzene rings is 4. The summed E-state index contributed by atoms with van der Waals surface area (Å²) in [6.45, 7) is 13.6. The van der Waals surface area contributed by atoms with Crippen LogP contribution in [0.2, 0.25) is 19.6 Å². The number of pyridine rings is 2. The summed E-state index contributed by atoms with van der Waals surface area (Å²) in [5.41, 5.74) is 14.9. The van der Waals surface area contributed by atoms with E-state index in [1.807, 2.05) is 30.5 Å². The minimum atomic E-state index is -1.37. The van der Waals surface area contributed by atoms with Gasteiger partial charge in [0.25, 0.3) is 0 Å². The molecule has 3 saturated carbocycles. The van der Waals surface area contributed by atoms with Crippen molar-refractivity contribution >= 4 is 40.8 Å². The second-order valence-corrected chi connectivity index (χ2v) is 23.9. The molecule has 1 radical (unpaired) electrons. The van der Waals surface area contributed by atoms with Crippen molar-refractivity contribution in [3.8, 4) is 28.1 Å². The predicted molar refractivity (Wildman–Crippen MR) is 249 cm³/mol. The molecular weight excluding hydrogens is 941 g/mol. The first-order valence-corrected chi connectivity index (χ1v) is 25.5. The van der Waals surface area contributed by atoms with Crippen molar-refractivity contribution in [2.45, 2.75) is 91.0 Å². The van der Waals surface area contributed by atoms with Gasteiger partial charge in [-0.05, 0) is 127 Å². The molecule has 0 amide bonds. The first-order chi connectivity index (χ1) is 29.1. The van der Waals surface area contributed by atoms with Crippen molar-refractivity contribution in [1.29, 1.82) is 0 Å². The molecule has 0 N–H and O–H groups in total. The van der Waals surface area contributed by atoms with E-state index in [-0.39, 0.29) is 32.1 Å². The smallest absolute Gasteiger partial charge is 0.124 e. The molecule has 61 heavy (non-hydrogen) atoms. The van der Waals surface area contributed by atoms with Crippen LogP contribution in [0.4, 0.5) is 0 Å².